The fourth-order valence-electron chi connectivity index (χ4n) is 6.78. The van der Waals surface area contributed by atoms with Crippen LogP contribution in [0.4, 0.5) is 4.79 Å². The molecule has 2 aromatic heterocycles. The Morgan fingerprint density at radius 1 is 0.878 bits per heavy atom. The number of fused-ring (bicyclic) bond motifs is 2. The summed E-state index contributed by atoms with van der Waals surface area (Å²) in [6, 6.07) is 12.4. The van der Waals surface area contributed by atoms with Crippen LogP contribution in [0.1, 0.15) is 106 Å². The van der Waals surface area contributed by atoms with E-state index in [-0.39, 0.29) is 24.2 Å². The van der Waals surface area contributed by atoms with Crippen LogP contribution in [0.3, 0.4) is 0 Å². The molecule has 216 valence electrons. The molecular weight excluding hydrogens is 518 g/mol. The number of nitrogens with zero attached hydrogens (tertiary/aromatic N) is 4. The van der Waals surface area contributed by atoms with E-state index in [0.717, 1.165) is 83.5 Å². The summed E-state index contributed by atoms with van der Waals surface area (Å²) in [5.41, 5.74) is 5.35. The van der Waals surface area contributed by atoms with Crippen molar-refractivity contribution in [2.24, 2.45) is 0 Å². The van der Waals surface area contributed by atoms with Crippen LogP contribution >= 0.6 is 0 Å². The maximum absolute atomic E-state index is 12.8. The number of H-pyrrole nitrogens is 2. The number of hydrogen-bond acceptors (Lipinski definition) is 7. The number of benzene rings is 2. The lowest BCUT2D eigenvalue weighted by atomic mass is 10.0. The number of hydroxylamine groups is 2. The number of ether oxygens (including phenoxy) is 1. The maximum atomic E-state index is 12.8. The maximum Gasteiger partial charge on any atom is 0.410 e. The highest BCUT2D eigenvalue weighted by molar-refractivity contribution is 5.77. The summed E-state index contributed by atoms with van der Waals surface area (Å²) < 4.78 is 5.64. The van der Waals surface area contributed by atoms with Crippen LogP contribution in [0.5, 0.6) is 0 Å². The Morgan fingerprint density at radius 2 is 1.51 bits per heavy atom. The van der Waals surface area contributed by atoms with Gasteiger partial charge in [-0.2, -0.15) is 5.06 Å². The highest BCUT2D eigenvalue weighted by Crippen LogP contribution is 2.43. The van der Waals surface area contributed by atoms with Crippen molar-refractivity contribution in [1.82, 2.24) is 35.2 Å². The van der Waals surface area contributed by atoms with Crippen molar-refractivity contribution >= 4 is 28.2 Å². The third kappa shape index (κ3) is 4.98. The monoisotopic (exact) mass is 557 g/mol. The lowest BCUT2D eigenvalue weighted by molar-refractivity contribution is -0.137. The number of aromatic nitrogens is 4. The van der Waals surface area contributed by atoms with Crippen molar-refractivity contribution in [3.05, 3.63) is 59.2 Å². The minimum atomic E-state index is -0.539. The van der Waals surface area contributed by atoms with Gasteiger partial charge in [-0.15, -0.1) is 0 Å². The Labute approximate surface area is 239 Å². The van der Waals surface area contributed by atoms with Gasteiger partial charge in [0.2, 0.25) is 0 Å². The molecule has 0 radical (unpaired) electrons. The summed E-state index contributed by atoms with van der Waals surface area (Å²) in [5, 5.41) is 16.4. The topological polar surface area (TPSA) is 122 Å². The predicted octanol–water partition coefficient (Wildman–Crippen LogP) is 6.20. The molecule has 7 rings (SSSR count). The first kappa shape index (κ1) is 26.4. The van der Waals surface area contributed by atoms with Crippen molar-refractivity contribution in [2.45, 2.75) is 89.1 Å². The largest absolute Gasteiger partial charge is 0.444 e. The minimum Gasteiger partial charge on any atom is -0.444 e. The predicted molar refractivity (Wildman–Crippen MR) is 155 cm³/mol. The molecule has 0 bridgehead atoms. The number of aromatic amines is 2. The van der Waals surface area contributed by atoms with E-state index in [9.17, 15) is 10.0 Å². The summed E-state index contributed by atoms with van der Waals surface area (Å²) >= 11 is 0. The average Bonchev–Trinajstić information content (AvgIpc) is 3.74. The van der Waals surface area contributed by atoms with Gasteiger partial charge in [-0.05, 0) is 101 Å². The highest BCUT2D eigenvalue weighted by Gasteiger charge is 2.37. The number of carbonyl (C=O) groups excluding carboxylic acids is 1. The number of nitrogens with one attached hydrogen (secondary N) is 3. The van der Waals surface area contributed by atoms with Crippen LogP contribution in [0.15, 0.2) is 36.4 Å². The van der Waals surface area contributed by atoms with Crippen LogP contribution in [0, 0.1) is 0 Å². The molecule has 4 aromatic rings. The summed E-state index contributed by atoms with van der Waals surface area (Å²) in [4.78, 5) is 31.2. The minimum absolute atomic E-state index is 0.0883. The van der Waals surface area contributed by atoms with Crippen molar-refractivity contribution in [3.63, 3.8) is 0 Å². The van der Waals surface area contributed by atoms with Gasteiger partial charge in [-0.3, -0.25) is 4.90 Å². The standard InChI is InChI=1S/C31H39N7O3/c1-31(2,3)41-30(39)37-15-5-7-27(37)29-34-21-11-9-19(17-24(21)36-29)26-13-12-25(38(26)40)18-8-10-20-23(16-18)35-28(33-20)22-6-4-14-32-22/h8-11,16-17,22,25-27,32,40H,4-7,12-15H2,1-3H3,(H,33,35)(H,34,36). The molecule has 10 heteroatoms. The van der Waals surface area contributed by atoms with E-state index in [0.29, 0.717) is 12.6 Å². The second-order valence-electron chi connectivity index (χ2n) is 12.8. The Morgan fingerprint density at radius 3 is 2.12 bits per heavy atom. The Hall–Kier alpha value is -3.47. The molecule has 0 saturated carbocycles. The molecule has 41 heavy (non-hydrogen) atoms. The van der Waals surface area contributed by atoms with Gasteiger partial charge in [0.1, 0.15) is 17.2 Å². The number of carbonyl (C=O) groups is 1. The molecule has 4 N–H and O–H groups in total. The normalized spacial score (nSPS) is 25.6. The van der Waals surface area contributed by atoms with Crippen LogP contribution in [-0.2, 0) is 4.74 Å². The molecule has 3 saturated heterocycles. The molecular formula is C31H39N7O3. The van der Waals surface area contributed by atoms with Gasteiger partial charge in [0.15, 0.2) is 0 Å². The van der Waals surface area contributed by atoms with Gasteiger partial charge in [-0.25, -0.2) is 14.8 Å². The number of likely N-dealkylation sites (tertiary alicyclic amines) is 1. The molecule has 3 aliphatic heterocycles. The van der Waals surface area contributed by atoms with Gasteiger partial charge in [-0.1, -0.05) is 12.1 Å². The molecule has 2 aromatic carbocycles. The smallest absolute Gasteiger partial charge is 0.410 e. The third-order valence-electron chi connectivity index (χ3n) is 8.76. The molecule has 4 unspecified atom stereocenters. The van der Waals surface area contributed by atoms with E-state index >= 15 is 0 Å². The summed E-state index contributed by atoms with van der Waals surface area (Å²) in [6.07, 6.45) is 5.45. The second-order valence-corrected chi connectivity index (χ2v) is 12.8. The van der Waals surface area contributed by atoms with Crippen LogP contribution in [-0.4, -0.2) is 59.9 Å². The molecule has 3 fully saturated rings. The zero-order chi connectivity index (χ0) is 28.3. The van der Waals surface area contributed by atoms with E-state index in [2.05, 4.69) is 45.6 Å². The number of amides is 1. The lowest BCUT2D eigenvalue weighted by Crippen LogP contribution is -2.36. The Bertz CT molecular complexity index is 1580. The van der Waals surface area contributed by atoms with Crippen LogP contribution < -0.4 is 5.32 Å². The number of hydrogen-bond donors (Lipinski definition) is 4. The van der Waals surface area contributed by atoms with E-state index < -0.39 is 5.60 Å². The highest BCUT2D eigenvalue weighted by atomic mass is 16.6. The average molecular weight is 558 g/mol. The number of imidazole rings is 2. The first-order valence-corrected chi connectivity index (χ1v) is 14.9. The summed E-state index contributed by atoms with van der Waals surface area (Å²) in [6.45, 7) is 7.35. The van der Waals surface area contributed by atoms with Crippen molar-refractivity contribution < 1.29 is 14.7 Å². The zero-order valence-corrected chi connectivity index (χ0v) is 24.0. The Kier molecular flexibility index (Phi) is 6.52. The molecule has 10 nitrogen and oxygen atoms in total. The Balaban J connectivity index is 1.09. The van der Waals surface area contributed by atoms with Gasteiger partial charge >= 0.3 is 6.09 Å². The first-order chi connectivity index (χ1) is 19.7. The molecule has 1 amide bonds. The third-order valence-corrected chi connectivity index (χ3v) is 8.76. The fraction of sp³-hybridized carbons (Fsp3) is 0.516. The quantitative estimate of drug-likeness (QED) is 0.236. The summed E-state index contributed by atoms with van der Waals surface area (Å²) in [7, 11) is 0. The van der Waals surface area contributed by atoms with Crippen molar-refractivity contribution in [2.75, 3.05) is 13.1 Å². The van der Waals surface area contributed by atoms with E-state index in [1.165, 1.54) is 11.5 Å². The molecule has 0 aliphatic carbocycles. The zero-order valence-electron chi connectivity index (χ0n) is 24.0. The van der Waals surface area contributed by atoms with E-state index in [4.69, 9.17) is 14.7 Å². The van der Waals surface area contributed by atoms with Gasteiger partial charge in [0.25, 0.3) is 0 Å². The van der Waals surface area contributed by atoms with Crippen LogP contribution in [0.2, 0.25) is 0 Å². The van der Waals surface area contributed by atoms with Crippen molar-refractivity contribution in [1.29, 1.82) is 0 Å². The molecule has 3 aliphatic rings. The second kappa shape index (κ2) is 10.1. The van der Waals surface area contributed by atoms with Crippen molar-refractivity contribution in [3.8, 4) is 0 Å². The van der Waals surface area contributed by atoms with Gasteiger partial charge in [0.05, 0.1) is 46.2 Å². The SMILES string of the molecule is CC(C)(C)OC(=O)N1CCCC1c1nc2ccc(C3CCC(c4ccc5nc(C6CCCN6)[nH]c5c4)N3O)cc2[nH]1. The van der Waals surface area contributed by atoms with E-state index in [1.807, 2.05) is 26.8 Å². The van der Waals surface area contributed by atoms with Gasteiger partial charge in [0, 0.05) is 6.54 Å². The number of rotatable bonds is 4. The molecule has 0 spiro atoms. The van der Waals surface area contributed by atoms with E-state index in [1.54, 1.807) is 4.90 Å². The molecule has 5 heterocycles. The first-order valence-electron chi connectivity index (χ1n) is 14.9. The fourth-order valence-corrected chi connectivity index (χ4v) is 6.78. The lowest BCUT2D eigenvalue weighted by Gasteiger charge is -2.27. The van der Waals surface area contributed by atoms with Gasteiger partial charge < -0.3 is 25.2 Å². The summed E-state index contributed by atoms with van der Waals surface area (Å²) in [5.74, 6) is 1.78. The molecule has 4 atom stereocenters. The van der Waals surface area contributed by atoms with Crippen LogP contribution in [0.25, 0.3) is 22.1 Å².